The van der Waals surface area contributed by atoms with Gasteiger partial charge in [0.2, 0.25) is 0 Å². The molecule has 0 unspecified atom stereocenters. The van der Waals surface area contributed by atoms with Gasteiger partial charge in [-0.05, 0) is 68.2 Å². The van der Waals surface area contributed by atoms with Gasteiger partial charge in [0.15, 0.2) is 0 Å². The molecule has 3 N–H and O–H groups in total. The Hall–Kier alpha value is -0.540. The Morgan fingerprint density at radius 1 is 1.10 bits per heavy atom. The molecule has 112 valence electrons. The van der Waals surface area contributed by atoms with Crippen LogP contribution >= 0.6 is 15.9 Å². The number of nitrogens with one attached hydrogen (secondary N) is 1. The van der Waals surface area contributed by atoms with Crippen LogP contribution in [0, 0.1) is 19.3 Å². The van der Waals surface area contributed by atoms with Gasteiger partial charge in [-0.15, -0.1) is 0 Å². The lowest BCUT2D eigenvalue weighted by molar-refractivity contribution is 0.182. The van der Waals surface area contributed by atoms with Crippen molar-refractivity contribution in [1.82, 2.24) is 0 Å². The van der Waals surface area contributed by atoms with E-state index in [0.29, 0.717) is 12.0 Å². The maximum absolute atomic E-state index is 6.11. The molecule has 0 spiro atoms. The van der Waals surface area contributed by atoms with Gasteiger partial charge in [-0.3, -0.25) is 0 Å². The highest BCUT2D eigenvalue weighted by Crippen LogP contribution is 2.41. The van der Waals surface area contributed by atoms with Crippen LogP contribution in [-0.2, 0) is 0 Å². The number of nitrogens with two attached hydrogens (primary N) is 1. The molecule has 1 aromatic rings. The van der Waals surface area contributed by atoms with Gasteiger partial charge in [0, 0.05) is 22.2 Å². The van der Waals surface area contributed by atoms with Crippen LogP contribution in [0.2, 0.25) is 0 Å². The van der Waals surface area contributed by atoms with Gasteiger partial charge in [0.05, 0.1) is 0 Å². The molecule has 0 saturated heterocycles. The quantitative estimate of drug-likeness (QED) is 0.832. The molecule has 0 amide bonds. The normalized spacial score (nSPS) is 20.7. The standard InChI is InChI=1S/C17H27BrN2/c1-12-9-14(10-13(2)15(12)18)20-17(11-19)7-5-16(3,4)6-8-17/h9-10,20H,5-8,11,19H2,1-4H3. The first-order valence-corrected chi connectivity index (χ1v) is 8.31. The average Bonchev–Trinajstić information content (AvgIpc) is 2.39. The molecule has 1 aromatic carbocycles. The zero-order valence-electron chi connectivity index (χ0n) is 13.1. The molecule has 20 heavy (non-hydrogen) atoms. The minimum absolute atomic E-state index is 0.0717. The highest BCUT2D eigenvalue weighted by Gasteiger charge is 2.37. The Labute approximate surface area is 131 Å². The minimum atomic E-state index is 0.0717. The molecule has 0 aliphatic heterocycles. The summed E-state index contributed by atoms with van der Waals surface area (Å²) in [6.07, 6.45) is 4.80. The second-order valence-electron chi connectivity index (χ2n) is 7.20. The second-order valence-corrected chi connectivity index (χ2v) is 7.99. The van der Waals surface area contributed by atoms with Gasteiger partial charge in [0.25, 0.3) is 0 Å². The summed E-state index contributed by atoms with van der Waals surface area (Å²) in [4.78, 5) is 0. The molecule has 0 heterocycles. The molecule has 1 fully saturated rings. The maximum Gasteiger partial charge on any atom is 0.0496 e. The number of benzene rings is 1. The predicted octanol–water partition coefficient (Wildman–Crippen LogP) is 4.78. The summed E-state index contributed by atoms with van der Waals surface area (Å²) in [6, 6.07) is 4.43. The number of aryl methyl sites for hydroxylation is 2. The number of anilines is 1. The van der Waals surface area contributed by atoms with Crippen molar-refractivity contribution in [1.29, 1.82) is 0 Å². The lowest BCUT2D eigenvalue weighted by Crippen LogP contribution is -2.49. The second kappa shape index (κ2) is 5.69. The van der Waals surface area contributed by atoms with Crippen LogP contribution in [0.4, 0.5) is 5.69 Å². The third-order valence-corrected chi connectivity index (χ3v) is 6.05. The van der Waals surface area contributed by atoms with Crippen molar-refractivity contribution < 1.29 is 0 Å². The van der Waals surface area contributed by atoms with Crippen molar-refractivity contribution in [3.8, 4) is 0 Å². The first kappa shape index (κ1) is 15.8. The number of rotatable bonds is 3. The molecule has 2 nitrogen and oxygen atoms in total. The van der Waals surface area contributed by atoms with E-state index in [4.69, 9.17) is 5.73 Å². The fourth-order valence-electron chi connectivity index (χ4n) is 3.11. The SMILES string of the molecule is Cc1cc(NC2(CN)CCC(C)(C)CC2)cc(C)c1Br. The van der Waals surface area contributed by atoms with Crippen LogP contribution in [0.15, 0.2) is 16.6 Å². The van der Waals surface area contributed by atoms with Gasteiger partial charge in [0.1, 0.15) is 0 Å². The minimum Gasteiger partial charge on any atom is -0.378 e. The average molecular weight is 339 g/mol. The first-order valence-electron chi connectivity index (χ1n) is 7.52. The molecule has 0 aromatic heterocycles. The number of hydrogen-bond acceptors (Lipinski definition) is 2. The van der Waals surface area contributed by atoms with Crippen molar-refractivity contribution in [2.45, 2.75) is 58.9 Å². The number of halogens is 1. The molecular formula is C17H27BrN2. The topological polar surface area (TPSA) is 38.0 Å². The van der Waals surface area contributed by atoms with Crippen LogP contribution < -0.4 is 11.1 Å². The smallest absolute Gasteiger partial charge is 0.0496 e. The van der Waals surface area contributed by atoms with Crippen LogP contribution in [0.1, 0.15) is 50.7 Å². The van der Waals surface area contributed by atoms with Gasteiger partial charge >= 0.3 is 0 Å². The maximum atomic E-state index is 6.11. The molecule has 0 atom stereocenters. The summed E-state index contributed by atoms with van der Waals surface area (Å²) in [7, 11) is 0. The molecule has 1 aliphatic carbocycles. The van der Waals surface area contributed by atoms with Gasteiger partial charge in [-0.2, -0.15) is 0 Å². The largest absolute Gasteiger partial charge is 0.378 e. The number of hydrogen-bond donors (Lipinski definition) is 2. The molecule has 0 radical (unpaired) electrons. The first-order chi connectivity index (χ1) is 9.27. The third kappa shape index (κ3) is 3.37. The van der Waals surface area contributed by atoms with Crippen molar-refractivity contribution >= 4 is 21.6 Å². The van der Waals surface area contributed by atoms with E-state index in [1.165, 1.54) is 34.1 Å². The van der Waals surface area contributed by atoms with E-state index in [1.54, 1.807) is 0 Å². The summed E-state index contributed by atoms with van der Waals surface area (Å²) in [6.45, 7) is 9.71. The predicted molar refractivity (Wildman–Crippen MR) is 91.3 cm³/mol. The Balaban J connectivity index is 2.19. The fourth-order valence-corrected chi connectivity index (χ4v) is 3.34. The van der Waals surface area contributed by atoms with Crippen LogP contribution in [-0.4, -0.2) is 12.1 Å². The summed E-state index contributed by atoms with van der Waals surface area (Å²) in [5.41, 5.74) is 10.4. The van der Waals surface area contributed by atoms with Crippen LogP contribution in [0.5, 0.6) is 0 Å². The molecule has 2 rings (SSSR count). The Morgan fingerprint density at radius 3 is 2.05 bits per heavy atom. The van der Waals surface area contributed by atoms with E-state index < -0.39 is 0 Å². The fraction of sp³-hybridized carbons (Fsp3) is 0.647. The molecule has 1 saturated carbocycles. The Bertz CT molecular complexity index is 461. The van der Waals surface area contributed by atoms with Gasteiger partial charge in [-0.1, -0.05) is 29.8 Å². The summed E-state index contributed by atoms with van der Waals surface area (Å²) < 4.78 is 1.20. The molecule has 0 bridgehead atoms. The van der Waals surface area contributed by atoms with Gasteiger partial charge < -0.3 is 11.1 Å². The highest BCUT2D eigenvalue weighted by atomic mass is 79.9. The highest BCUT2D eigenvalue weighted by molar-refractivity contribution is 9.10. The summed E-state index contributed by atoms with van der Waals surface area (Å²) in [5, 5.41) is 3.74. The van der Waals surface area contributed by atoms with Crippen molar-refractivity contribution in [3.63, 3.8) is 0 Å². The van der Waals surface area contributed by atoms with Crippen LogP contribution in [0.3, 0.4) is 0 Å². The lowest BCUT2D eigenvalue weighted by atomic mass is 9.69. The van der Waals surface area contributed by atoms with E-state index in [1.807, 2.05) is 0 Å². The Kier molecular flexibility index (Phi) is 4.50. The lowest BCUT2D eigenvalue weighted by Gasteiger charge is -2.44. The zero-order chi connectivity index (χ0) is 15.0. The van der Waals surface area contributed by atoms with Crippen LogP contribution in [0.25, 0.3) is 0 Å². The van der Waals surface area contributed by atoms with Gasteiger partial charge in [-0.25, -0.2) is 0 Å². The molecule has 3 heteroatoms. The third-order valence-electron chi connectivity index (χ3n) is 4.80. The van der Waals surface area contributed by atoms with E-state index in [-0.39, 0.29) is 5.54 Å². The molecule has 1 aliphatic rings. The summed E-state index contributed by atoms with van der Waals surface area (Å²) >= 11 is 3.63. The van der Waals surface area contributed by atoms with Crippen molar-refractivity contribution in [2.24, 2.45) is 11.1 Å². The zero-order valence-corrected chi connectivity index (χ0v) is 14.7. The van der Waals surface area contributed by atoms with E-state index >= 15 is 0 Å². The van der Waals surface area contributed by atoms with E-state index in [0.717, 1.165) is 12.8 Å². The van der Waals surface area contributed by atoms with Crippen molar-refractivity contribution in [2.75, 3.05) is 11.9 Å². The van der Waals surface area contributed by atoms with Crippen molar-refractivity contribution in [3.05, 3.63) is 27.7 Å². The summed E-state index contributed by atoms with van der Waals surface area (Å²) in [5.74, 6) is 0. The Morgan fingerprint density at radius 2 is 1.60 bits per heavy atom. The molecular weight excluding hydrogens is 312 g/mol. The van der Waals surface area contributed by atoms with E-state index in [9.17, 15) is 0 Å². The monoisotopic (exact) mass is 338 g/mol. The van der Waals surface area contributed by atoms with E-state index in [2.05, 4.69) is 61.1 Å².